The van der Waals surface area contributed by atoms with Crippen molar-refractivity contribution in [1.29, 1.82) is 5.41 Å². The average Bonchev–Trinajstić information content (AvgIpc) is 2.43. The summed E-state index contributed by atoms with van der Waals surface area (Å²) >= 11 is 0. The summed E-state index contributed by atoms with van der Waals surface area (Å²) in [6.45, 7) is 0. The number of nitrogens with zero attached hydrogens (tertiary/aromatic N) is 2. The first kappa shape index (κ1) is 15.0. The van der Waals surface area contributed by atoms with E-state index in [0.717, 1.165) is 0 Å². The minimum Gasteiger partial charge on any atom is -0.510 e. The number of pyridine rings is 1. The summed E-state index contributed by atoms with van der Waals surface area (Å²) in [7, 11) is 0. The summed E-state index contributed by atoms with van der Waals surface area (Å²) in [6, 6.07) is 1.83. The van der Waals surface area contributed by atoms with Gasteiger partial charge in [-0.2, -0.15) is 0 Å². The molecule has 0 aliphatic carbocycles. The molecule has 1 aromatic rings. The number of nitrogens with two attached hydrogens (primary N) is 1. The van der Waals surface area contributed by atoms with Crippen LogP contribution in [0.2, 0.25) is 0 Å². The summed E-state index contributed by atoms with van der Waals surface area (Å²) in [4.78, 5) is 29.7. The molecule has 7 N–H and O–H groups in total. The van der Waals surface area contributed by atoms with E-state index in [2.05, 4.69) is 20.6 Å². The fraction of sp³-hybridized carbons (Fsp3) is 0.0833. The van der Waals surface area contributed by atoms with Crippen LogP contribution >= 0.6 is 0 Å². The fourth-order valence-corrected chi connectivity index (χ4v) is 1.64. The van der Waals surface area contributed by atoms with E-state index in [1.54, 1.807) is 0 Å². The standard InChI is InChI=1S/C12H12N6O4/c13-8-3-7(19)9(10(14)17-8)18-12(22)16-5-1-2-6(11(20)21)15-4-5/h1-2,4,19H,3H2,(H,20,21)(H3,13,14,17)(H2,16,18,22). The van der Waals surface area contributed by atoms with Crippen LogP contribution in [0.4, 0.5) is 10.5 Å². The number of anilines is 1. The van der Waals surface area contributed by atoms with Gasteiger partial charge in [-0.1, -0.05) is 0 Å². The first-order chi connectivity index (χ1) is 10.4. The number of amides is 2. The summed E-state index contributed by atoms with van der Waals surface area (Å²) in [6.07, 6.45) is 1.10. The molecule has 1 aliphatic rings. The molecule has 0 spiro atoms. The number of urea groups is 1. The average molecular weight is 304 g/mol. The molecule has 1 aromatic heterocycles. The van der Waals surface area contributed by atoms with Gasteiger partial charge in [-0.3, -0.25) is 5.41 Å². The Balaban J connectivity index is 2.03. The number of hydrogen-bond donors (Lipinski definition) is 6. The molecule has 0 saturated carbocycles. The molecule has 0 atom stereocenters. The molecule has 0 radical (unpaired) electrons. The van der Waals surface area contributed by atoms with Crippen molar-refractivity contribution in [3.05, 3.63) is 35.5 Å². The molecule has 1 aliphatic heterocycles. The lowest BCUT2D eigenvalue weighted by molar-refractivity contribution is 0.0690. The van der Waals surface area contributed by atoms with Gasteiger partial charge in [-0.25, -0.2) is 19.6 Å². The van der Waals surface area contributed by atoms with Gasteiger partial charge in [0.15, 0.2) is 5.84 Å². The number of aliphatic hydroxyl groups is 1. The molecule has 0 fully saturated rings. The number of aromatic nitrogens is 1. The van der Waals surface area contributed by atoms with Crippen LogP contribution in [0.1, 0.15) is 16.9 Å². The largest absolute Gasteiger partial charge is 0.510 e. The highest BCUT2D eigenvalue weighted by Crippen LogP contribution is 2.12. The van der Waals surface area contributed by atoms with Gasteiger partial charge >= 0.3 is 12.0 Å². The van der Waals surface area contributed by atoms with E-state index in [4.69, 9.17) is 16.2 Å². The molecule has 10 heteroatoms. The van der Waals surface area contributed by atoms with Crippen molar-refractivity contribution in [3.8, 4) is 0 Å². The van der Waals surface area contributed by atoms with E-state index in [1.165, 1.54) is 18.3 Å². The fourth-order valence-electron chi connectivity index (χ4n) is 1.64. The Labute approximate surface area is 123 Å². The van der Waals surface area contributed by atoms with Crippen molar-refractivity contribution in [2.24, 2.45) is 10.7 Å². The Bertz CT molecular complexity index is 707. The Morgan fingerprint density at radius 1 is 1.32 bits per heavy atom. The first-order valence-corrected chi connectivity index (χ1v) is 5.98. The van der Waals surface area contributed by atoms with Crippen LogP contribution in [-0.2, 0) is 0 Å². The van der Waals surface area contributed by atoms with Crippen LogP contribution in [0.15, 0.2) is 34.8 Å². The zero-order valence-electron chi connectivity index (χ0n) is 11.1. The lowest BCUT2D eigenvalue weighted by Gasteiger charge is -2.16. The minimum atomic E-state index is -1.18. The number of aromatic carboxylic acids is 1. The molecule has 0 unspecified atom stereocenters. The van der Waals surface area contributed by atoms with Gasteiger partial charge in [-0.15, -0.1) is 0 Å². The molecule has 2 rings (SSSR count). The molecular weight excluding hydrogens is 292 g/mol. The van der Waals surface area contributed by atoms with Gasteiger partial charge < -0.3 is 26.6 Å². The van der Waals surface area contributed by atoms with Crippen LogP contribution in [0.3, 0.4) is 0 Å². The summed E-state index contributed by atoms with van der Waals surface area (Å²) < 4.78 is 0. The van der Waals surface area contributed by atoms with Crippen LogP contribution in [0.5, 0.6) is 0 Å². The number of amidine groups is 2. The van der Waals surface area contributed by atoms with Gasteiger partial charge in [-0.05, 0) is 12.1 Å². The normalized spacial score (nSPS) is 14.4. The van der Waals surface area contributed by atoms with Gasteiger partial charge in [0.25, 0.3) is 0 Å². The van der Waals surface area contributed by atoms with Crippen molar-refractivity contribution in [3.63, 3.8) is 0 Å². The maximum atomic E-state index is 11.8. The number of hydrogen-bond acceptors (Lipinski definition) is 6. The molecule has 2 amide bonds. The lowest BCUT2D eigenvalue weighted by atomic mass is 10.2. The SMILES string of the molecule is N=C1N=C(N)CC(O)=C1NC(=O)Nc1ccc(C(=O)O)nc1. The van der Waals surface area contributed by atoms with Gasteiger partial charge in [0.2, 0.25) is 0 Å². The number of carbonyl (C=O) groups excluding carboxylic acids is 1. The van der Waals surface area contributed by atoms with Crippen molar-refractivity contribution < 1.29 is 19.8 Å². The van der Waals surface area contributed by atoms with Crippen LogP contribution in [0.25, 0.3) is 0 Å². The van der Waals surface area contributed by atoms with Crippen LogP contribution < -0.4 is 16.4 Å². The van der Waals surface area contributed by atoms with E-state index in [-0.39, 0.29) is 40.9 Å². The zero-order chi connectivity index (χ0) is 16.3. The zero-order valence-corrected chi connectivity index (χ0v) is 11.1. The second-order valence-corrected chi connectivity index (χ2v) is 4.27. The number of rotatable bonds is 3. The summed E-state index contributed by atoms with van der Waals surface area (Å²) in [5.74, 6) is -1.75. The minimum absolute atomic E-state index is 0.0626. The second-order valence-electron chi connectivity index (χ2n) is 4.27. The van der Waals surface area contributed by atoms with E-state index < -0.39 is 12.0 Å². The van der Waals surface area contributed by atoms with Gasteiger partial charge in [0, 0.05) is 0 Å². The predicted molar refractivity (Wildman–Crippen MR) is 77.0 cm³/mol. The smallest absolute Gasteiger partial charge is 0.354 e. The highest BCUT2D eigenvalue weighted by Gasteiger charge is 2.20. The number of carboxylic acid groups (broad SMARTS) is 1. The number of carbonyl (C=O) groups is 2. The predicted octanol–water partition coefficient (Wildman–Crippen LogP) is 0.409. The van der Waals surface area contributed by atoms with Crippen molar-refractivity contribution >= 4 is 29.4 Å². The third kappa shape index (κ3) is 3.36. The molecule has 0 bridgehead atoms. The van der Waals surface area contributed by atoms with E-state index in [1.807, 2.05) is 0 Å². The Morgan fingerprint density at radius 3 is 2.59 bits per heavy atom. The Morgan fingerprint density at radius 2 is 2.05 bits per heavy atom. The maximum absolute atomic E-state index is 11.8. The third-order valence-corrected chi connectivity index (χ3v) is 2.61. The molecule has 0 aromatic carbocycles. The highest BCUT2D eigenvalue weighted by molar-refractivity contribution is 6.10. The van der Waals surface area contributed by atoms with Crippen LogP contribution in [0, 0.1) is 5.41 Å². The number of carboxylic acids is 1. The molecule has 10 nitrogen and oxygen atoms in total. The summed E-state index contributed by atoms with van der Waals surface area (Å²) in [5, 5.41) is 30.6. The topological polar surface area (TPSA) is 174 Å². The first-order valence-electron chi connectivity index (χ1n) is 5.98. The molecule has 22 heavy (non-hydrogen) atoms. The molecular formula is C12H12N6O4. The quantitative estimate of drug-likeness (QED) is 0.471. The molecule has 2 heterocycles. The lowest BCUT2D eigenvalue weighted by Crippen LogP contribution is -2.35. The van der Waals surface area contributed by atoms with E-state index in [9.17, 15) is 14.7 Å². The Kier molecular flexibility index (Phi) is 4.02. The van der Waals surface area contributed by atoms with Gasteiger partial charge in [0.05, 0.1) is 18.3 Å². The third-order valence-electron chi connectivity index (χ3n) is 2.61. The van der Waals surface area contributed by atoms with Gasteiger partial charge in [0.1, 0.15) is 23.0 Å². The number of nitrogens with one attached hydrogen (secondary N) is 3. The highest BCUT2D eigenvalue weighted by atomic mass is 16.4. The van der Waals surface area contributed by atoms with Crippen molar-refractivity contribution in [2.45, 2.75) is 6.42 Å². The van der Waals surface area contributed by atoms with E-state index in [0.29, 0.717) is 0 Å². The van der Waals surface area contributed by atoms with Crippen LogP contribution in [-0.4, -0.2) is 38.9 Å². The number of aliphatic imine (C=N–C) groups is 1. The number of aliphatic hydroxyl groups excluding tert-OH is 1. The second kappa shape index (κ2) is 5.91. The molecule has 114 valence electrons. The molecule has 0 saturated heterocycles. The number of dihydropyridines is 1. The Hall–Kier alpha value is -3.43. The maximum Gasteiger partial charge on any atom is 0.354 e. The summed E-state index contributed by atoms with van der Waals surface area (Å²) in [5.41, 5.74) is 5.33. The van der Waals surface area contributed by atoms with Crippen molar-refractivity contribution in [1.82, 2.24) is 10.3 Å². The monoisotopic (exact) mass is 304 g/mol. The van der Waals surface area contributed by atoms with E-state index >= 15 is 0 Å². The van der Waals surface area contributed by atoms with Crippen molar-refractivity contribution in [2.75, 3.05) is 5.32 Å².